The lowest BCUT2D eigenvalue weighted by Crippen LogP contribution is -2.21. The van der Waals surface area contributed by atoms with Gasteiger partial charge < -0.3 is 5.11 Å². The minimum Gasteiger partial charge on any atom is -0.478 e. The molecule has 26 heavy (non-hydrogen) atoms. The van der Waals surface area contributed by atoms with Crippen LogP contribution in [0.15, 0.2) is 45.7 Å². The minimum atomic E-state index is -1.08. The smallest absolute Gasteiger partial charge is 0.335 e. The second-order valence-corrected chi connectivity index (χ2v) is 6.93. The second-order valence-electron chi connectivity index (χ2n) is 6.01. The van der Waals surface area contributed by atoms with E-state index in [1.807, 2.05) is 0 Å². The maximum Gasteiger partial charge on any atom is 0.335 e. The molecular formula is C19H12BrFN2O3. The topological polar surface area (TPSA) is 72.2 Å². The van der Waals surface area contributed by atoms with Crippen LogP contribution >= 0.6 is 15.9 Å². The lowest BCUT2D eigenvalue weighted by molar-refractivity contribution is 0.0697. The van der Waals surface area contributed by atoms with Gasteiger partial charge in [-0.15, -0.1) is 0 Å². The van der Waals surface area contributed by atoms with Crippen LogP contribution < -0.4 is 5.56 Å². The van der Waals surface area contributed by atoms with E-state index in [4.69, 9.17) is 5.11 Å². The van der Waals surface area contributed by atoms with Crippen LogP contribution in [0.3, 0.4) is 0 Å². The van der Waals surface area contributed by atoms with Gasteiger partial charge in [0, 0.05) is 16.6 Å². The van der Waals surface area contributed by atoms with Crippen LogP contribution in [0, 0.1) is 5.82 Å². The highest BCUT2D eigenvalue weighted by atomic mass is 79.9. The molecule has 1 aliphatic heterocycles. The molecule has 3 aromatic rings. The molecule has 0 bridgehead atoms. The number of nitrogens with zero attached hydrogens (tertiary/aromatic N) is 2. The van der Waals surface area contributed by atoms with Crippen molar-refractivity contribution in [1.82, 2.24) is 9.55 Å². The summed E-state index contributed by atoms with van der Waals surface area (Å²) in [6.07, 6.45) is 2.24. The zero-order valence-corrected chi connectivity index (χ0v) is 15.0. The molecule has 130 valence electrons. The molecule has 0 saturated heterocycles. The Morgan fingerprint density at radius 2 is 2.08 bits per heavy atom. The van der Waals surface area contributed by atoms with Crippen molar-refractivity contribution in [2.24, 2.45) is 0 Å². The lowest BCUT2D eigenvalue weighted by Gasteiger charge is -2.06. The van der Waals surface area contributed by atoms with Crippen LogP contribution in [0.25, 0.3) is 22.6 Å². The molecule has 2 aromatic carbocycles. The first kappa shape index (κ1) is 16.7. The first-order valence-electron chi connectivity index (χ1n) is 7.88. The summed E-state index contributed by atoms with van der Waals surface area (Å²) in [6.45, 7) is 0.460. The SMILES string of the molecule is O=C(O)c1ccc2c(=O)n3c(nc2c1)C(=Cc1ccc(Br)cc1F)CC3. The van der Waals surface area contributed by atoms with Crippen molar-refractivity contribution in [3.05, 3.63) is 74.0 Å². The average molecular weight is 415 g/mol. The summed E-state index contributed by atoms with van der Waals surface area (Å²) in [5, 5.41) is 9.51. The van der Waals surface area contributed by atoms with Crippen molar-refractivity contribution in [3.8, 4) is 0 Å². The van der Waals surface area contributed by atoms with Gasteiger partial charge in [0.2, 0.25) is 0 Å². The number of hydrogen-bond acceptors (Lipinski definition) is 3. The lowest BCUT2D eigenvalue weighted by atomic mass is 10.1. The van der Waals surface area contributed by atoms with E-state index in [0.717, 1.165) is 5.57 Å². The van der Waals surface area contributed by atoms with Crippen molar-refractivity contribution in [2.75, 3.05) is 0 Å². The molecule has 1 N–H and O–H groups in total. The molecule has 2 heterocycles. The number of carboxylic acid groups (broad SMARTS) is 1. The summed E-state index contributed by atoms with van der Waals surface area (Å²) in [7, 11) is 0. The van der Waals surface area contributed by atoms with Gasteiger partial charge in [0.05, 0.1) is 16.5 Å². The Balaban J connectivity index is 1.90. The molecule has 0 fully saturated rings. The van der Waals surface area contributed by atoms with Crippen LogP contribution in [0.1, 0.15) is 28.2 Å². The predicted molar refractivity (Wildman–Crippen MR) is 99.6 cm³/mol. The molecule has 1 aliphatic rings. The van der Waals surface area contributed by atoms with Gasteiger partial charge in [0.1, 0.15) is 11.6 Å². The number of aromatic nitrogens is 2. The van der Waals surface area contributed by atoms with Crippen molar-refractivity contribution < 1.29 is 14.3 Å². The van der Waals surface area contributed by atoms with E-state index in [-0.39, 0.29) is 16.9 Å². The van der Waals surface area contributed by atoms with Crippen molar-refractivity contribution in [1.29, 1.82) is 0 Å². The monoisotopic (exact) mass is 414 g/mol. The Labute approximate surface area is 155 Å². The fraction of sp³-hybridized carbons (Fsp3) is 0.105. The van der Waals surface area contributed by atoms with E-state index < -0.39 is 5.97 Å². The molecule has 5 nitrogen and oxygen atoms in total. The largest absolute Gasteiger partial charge is 0.478 e. The third-order valence-corrected chi connectivity index (χ3v) is 4.88. The molecule has 0 unspecified atom stereocenters. The van der Waals surface area contributed by atoms with E-state index in [1.165, 1.54) is 24.3 Å². The van der Waals surface area contributed by atoms with Gasteiger partial charge in [-0.25, -0.2) is 14.2 Å². The Kier molecular flexibility index (Phi) is 3.96. The first-order valence-corrected chi connectivity index (χ1v) is 8.67. The average Bonchev–Trinajstić information content (AvgIpc) is 3.00. The van der Waals surface area contributed by atoms with Crippen molar-refractivity contribution >= 4 is 44.5 Å². The van der Waals surface area contributed by atoms with Crippen molar-refractivity contribution in [2.45, 2.75) is 13.0 Å². The van der Waals surface area contributed by atoms with Crippen LogP contribution in [0.5, 0.6) is 0 Å². The summed E-state index contributed by atoms with van der Waals surface area (Å²) >= 11 is 3.22. The van der Waals surface area contributed by atoms with Gasteiger partial charge >= 0.3 is 5.97 Å². The van der Waals surface area contributed by atoms with Gasteiger partial charge in [-0.3, -0.25) is 9.36 Å². The molecule has 0 aliphatic carbocycles. The zero-order valence-electron chi connectivity index (χ0n) is 13.4. The molecule has 0 atom stereocenters. The Hall–Kier alpha value is -2.80. The second kappa shape index (κ2) is 6.17. The van der Waals surface area contributed by atoms with Gasteiger partial charge in [0.25, 0.3) is 5.56 Å². The number of halogens is 2. The molecule has 7 heteroatoms. The van der Waals surface area contributed by atoms with Gasteiger partial charge in [-0.1, -0.05) is 22.0 Å². The predicted octanol–water partition coefficient (Wildman–Crippen LogP) is 3.94. The Morgan fingerprint density at radius 1 is 1.27 bits per heavy atom. The minimum absolute atomic E-state index is 0.0665. The van der Waals surface area contributed by atoms with E-state index in [9.17, 15) is 14.0 Å². The number of rotatable bonds is 2. The Morgan fingerprint density at radius 3 is 2.81 bits per heavy atom. The molecule has 1 aromatic heterocycles. The summed E-state index contributed by atoms with van der Waals surface area (Å²) < 4.78 is 16.3. The van der Waals surface area contributed by atoms with Crippen molar-refractivity contribution in [3.63, 3.8) is 0 Å². The Bertz CT molecular complexity index is 1170. The summed E-state index contributed by atoms with van der Waals surface area (Å²) in [5.41, 5.74) is 1.32. The number of benzene rings is 2. The van der Waals surface area contributed by atoms with Crippen LogP contribution in [-0.4, -0.2) is 20.6 Å². The number of allylic oxidation sites excluding steroid dienone is 1. The third kappa shape index (κ3) is 2.74. The maximum atomic E-state index is 14.1. The molecule has 0 amide bonds. The fourth-order valence-corrected chi connectivity index (χ4v) is 3.43. The molecular weight excluding hydrogens is 403 g/mol. The number of fused-ring (bicyclic) bond motifs is 2. The zero-order chi connectivity index (χ0) is 18.4. The standard InChI is InChI=1S/C19H12BrFN2O3/c20-13-3-1-10(15(21)9-13)7-11-5-6-23-17(11)22-16-8-12(19(25)26)2-4-14(16)18(23)24/h1-4,7-9H,5-6H2,(H,25,26). The third-order valence-electron chi connectivity index (χ3n) is 4.39. The molecule has 4 rings (SSSR count). The molecule has 0 radical (unpaired) electrons. The maximum absolute atomic E-state index is 14.1. The summed E-state index contributed by atoms with van der Waals surface area (Å²) in [5.74, 6) is -1.00. The first-order chi connectivity index (χ1) is 12.4. The van der Waals surface area contributed by atoms with Crippen LogP contribution in [0.4, 0.5) is 4.39 Å². The normalized spacial score (nSPS) is 14.8. The van der Waals surface area contributed by atoms with E-state index >= 15 is 0 Å². The fourth-order valence-electron chi connectivity index (χ4n) is 3.09. The quantitative estimate of drug-likeness (QED) is 0.689. The van der Waals surface area contributed by atoms with E-state index in [1.54, 1.807) is 22.8 Å². The van der Waals surface area contributed by atoms with E-state index in [0.29, 0.717) is 39.7 Å². The molecule has 0 saturated carbocycles. The molecule has 0 spiro atoms. The summed E-state index contributed by atoms with van der Waals surface area (Å²) in [6, 6.07) is 9.03. The number of aromatic carboxylic acids is 1. The van der Waals surface area contributed by atoms with Gasteiger partial charge in [0.15, 0.2) is 0 Å². The van der Waals surface area contributed by atoms with Crippen LogP contribution in [-0.2, 0) is 6.54 Å². The van der Waals surface area contributed by atoms with Gasteiger partial charge in [-0.05, 0) is 48.4 Å². The van der Waals surface area contributed by atoms with Crippen LogP contribution in [0.2, 0.25) is 0 Å². The highest BCUT2D eigenvalue weighted by molar-refractivity contribution is 9.10. The number of carboxylic acids is 1. The highest BCUT2D eigenvalue weighted by Gasteiger charge is 2.21. The van der Waals surface area contributed by atoms with E-state index in [2.05, 4.69) is 20.9 Å². The number of hydrogen-bond donors (Lipinski definition) is 1. The van der Waals surface area contributed by atoms with Gasteiger partial charge in [-0.2, -0.15) is 0 Å². The highest BCUT2D eigenvalue weighted by Crippen LogP contribution is 2.29. The number of carbonyl (C=O) groups is 1. The summed E-state index contributed by atoms with van der Waals surface area (Å²) in [4.78, 5) is 28.3.